The summed E-state index contributed by atoms with van der Waals surface area (Å²) in [5, 5.41) is 0.700. The molecule has 1 aliphatic heterocycles. The van der Waals surface area contributed by atoms with Crippen molar-refractivity contribution >= 4 is 23.4 Å². The number of benzene rings is 1. The zero-order valence-electron chi connectivity index (χ0n) is 13.2. The Kier molecular flexibility index (Phi) is 3.68. The number of piperazine rings is 1. The van der Waals surface area contributed by atoms with Gasteiger partial charge >= 0.3 is 0 Å². The maximum atomic E-state index is 12.8. The highest BCUT2D eigenvalue weighted by Gasteiger charge is 2.51. The van der Waals surface area contributed by atoms with Crippen molar-refractivity contribution in [3.8, 4) is 0 Å². The Morgan fingerprint density at radius 1 is 1.32 bits per heavy atom. The molecular formula is C17H21ClN2O2. The van der Waals surface area contributed by atoms with E-state index in [4.69, 9.17) is 11.6 Å². The molecule has 1 saturated carbocycles. The van der Waals surface area contributed by atoms with E-state index in [1.54, 1.807) is 16.8 Å². The number of nitrogens with zero attached hydrogens (tertiary/aromatic N) is 2. The number of likely N-dealkylation sites (N-methyl/N-ethyl adjacent to an activating group) is 1. The second-order valence-corrected chi connectivity index (χ2v) is 7.22. The molecular weight excluding hydrogens is 300 g/mol. The molecule has 0 aromatic heterocycles. The number of hydrogen-bond acceptors (Lipinski definition) is 2. The van der Waals surface area contributed by atoms with Crippen LogP contribution in [0.4, 0.5) is 0 Å². The van der Waals surface area contributed by atoms with Gasteiger partial charge in [-0.15, -0.1) is 0 Å². The Bertz CT molecular complexity index is 629. The average Bonchev–Trinajstić information content (AvgIpc) is 3.25. The second-order valence-electron chi connectivity index (χ2n) is 6.78. The molecule has 0 unspecified atom stereocenters. The Balaban J connectivity index is 1.75. The number of halogens is 1. The molecule has 2 amide bonds. The summed E-state index contributed by atoms with van der Waals surface area (Å²) in [7, 11) is 1.79. The predicted octanol–water partition coefficient (Wildman–Crippen LogP) is 2.52. The lowest BCUT2D eigenvalue weighted by molar-refractivity contribution is -0.158. The van der Waals surface area contributed by atoms with Crippen LogP contribution in [0, 0.1) is 5.92 Å². The van der Waals surface area contributed by atoms with Crippen LogP contribution >= 0.6 is 11.6 Å². The van der Waals surface area contributed by atoms with Gasteiger partial charge in [-0.3, -0.25) is 9.59 Å². The van der Waals surface area contributed by atoms with Gasteiger partial charge in [0, 0.05) is 31.1 Å². The average molecular weight is 321 g/mol. The molecule has 1 aromatic rings. The molecule has 0 bridgehead atoms. The summed E-state index contributed by atoms with van der Waals surface area (Å²) in [4.78, 5) is 28.6. The third-order valence-electron chi connectivity index (χ3n) is 4.85. The van der Waals surface area contributed by atoms with Gasteiger partial charge in [-0.1, -0.05) is 23.7 Å². The van der Waals surface area contributed by atoms with Crippen LogP contribution in [0.5, 0.6) is 0 Å². The molecule has 2 fully saturated rings. The molecule has 1 aliphatic carbocycles. The summed E-state index contributed by atoms with van der Waals surface area (Å²) in [6, 6.07) is 7.71. The number of amides is 2. The van der Waals surface area contributed by atoms with E-state index in [9.17, 15) is 9.59 Å². The number of rotatable bonds is 2. The summed E-state index contributed by atoms with van der Waals surface area (Å²) < 4.78 is 0. The number of hydrogen-bond donors (Lipinski definition) is 0. The van der Waals surface area contributed by atoms with Gasteiger partial charge in [0.15, 0.2) is 0 Å². The Hall–Kier alpha value is -1.55. The van der Waals surface area contributed by atoms with E-state index in [-0.39, 0.29) is 23.7 Å². The molecule has 0 spiro atoms. The molecule has 1 aromatic carbocycles. The molecule has 22 heavy (non-hydrogen) atoms. The van der Waals surface area contributed by atoms with E-state index in [0.29, 0.717) is 18.1 Å². The van der Waals surface area contributed by atoms with Crippen molar-refractivity contribution in [1.82, 2.24) is 9.80 Å². The van der Waals surface area contributed by atoms with Crippen LogP contribution in [-0.2, 0) is 9.59 Å². The first kappa shape index (κ1) is 15.3. The smallest absolute Gasteiger partial charge is 0.247 e. The molecule has 1 heterocycles. The molecule has 3 rings (SSSR count). The largest absolute Gasteiger partial charge is 0.342 e. The zero-order chi connectivity index (χ0) is 16.1. The third-order valence-corrected chi connectivity index (χ3v) is 5.09. The molecule has 0 N–H and O–H groups in total. The van der Waals surface area contributed by atoms with Gasteiger partial charge in [-0.2, -0.15) is 0 Å². The van der Waals surface area contributed by atoms with Gasteiger partial charge < -0.3 is 9.80 Å². The van der Waals surface area contributed by atoms with Crippen molar-refractivity contribution in [2.24, 2.45) is 5.92 Å². The molecule has 4 nitrogen and oxygen atoms in total. The van der Waals surface area contributed by atoms with Crippen molar-refractivity contribution in [3.05, 3.63) is 34.9 Å². The maximum absolute atomic E-state index is 12.8. The van der Waals surface area contributed by atoms with Crippen LogP contribution in [0.3, 0.4) is 0 Å². The topological polar surface area (TPSA) is 40.6 Å². The van der Waals surface area contributed by atoms with Crippen LogP contribution in [0.2, 0.25) is 5.02 Å². The predicted molar refractivity (Wildman–Crippen MR) is 85.7 cm³/mol. The molecule has 0 radical (unpaired) electrons. The fourth-order valence-electron chi connectivity index (χ4n) is 3.37. The quantitative estimate of drug-likeness (QED) is 0.840. The van der Waals surface area contributed by atoms with Crippen molar-refractivity contribution in [3.63, 3.8) is 0 Å². The summed E-state index contributed by atoms with van der Waals surface area (Å²) in [6.07, 6.45) is 0.843. The van der Waals surface area contributed by atoms with E-state index in [1.807, 2.05) is 38.1 Å². The van der Waals surface area contributed by atoms with Crippen LogP contribution in [0.15, 0.2) is 24.3 Å². The lowest BCUT2D eigenvalue weighted by Crippen LogP contribution is -2.64. The number of carbonyl (C=O) groups is 2. The van der Waals surface area contributed by atoms with E-state index < -0.39 is 5.54 Å². The lowest BCUT2D eigenvalue weighted by Gasteiger charge is -2.45. The van der Waals surface area contributed by atoms with Gasteiger partial charge in [0.05, 0.1) is 0 Å². The fourth-order valence-corrected chi connectivity index (χ4v) is 3.57. The molecule has 1 saturated heterocycles. The van der Waals surface area contributed by atoms with E-state index in [0.717, 1.165) is 12.0 Å². The summed E-state index contributed by atoms with van der Waals surface area (Å²) in [5.74, 6) is 0.314. The fraction of sp³-hybridized carbons (Fsp3) is 0.529. The normalized spacial score (nSPS) is 27.0. The second kappa shape index (κ2) is 5.27. The van der Waals surface area contributed by atoms with Crippen LogP contribution in [0.1, 0.15) is 31.7 Å². The highest BCUT2D eigenvalue weighted by atomic mass is 35.5. The standard InChI is InChI=1S/C17H21ClN2O2/c1-17(2)16(22)19(3)7-8-20(17)15(21)14-10-13(14)11-5-4-6-12(18)9-11/h4-6,9,13-14H,7-8,10H2,1-3H3/t13-,14+/m0/s1. The first-order valence-electron chi connectivity index (χ1n) is 7.65. The Morgan fingerprint density at radius 2 is 2.05 bits per heavy atom. The van der Waals surface area contributed by atoms with E-state index in [2.05, 4.69) is 0 Å². The van der Waals surface area contributed by atoms with Gasteiger partial charge in [0.1, 0.15) is 5.54 Å². The minimum atomic E-state index is -0.758. The van der Waals surface area contributed by atoms with Gasteiger partial charge in [-0.25, -0.2) is 0 Å². The van der Waals surface area contributed by atoms with Crippen LogP contribution in [-0.4, -0.2) is 47.3 Å². The summed E-state index contributed by atoms with van der Waals surface area (Å²) in [6.45, 7) is 4.87. The van der Waals surface area contributed by atoms with Gasteiger partial charge in [0.2, 0.25) is 11.8 Å². The van der Waals surface area contributed by atoms with E-state index >= 15 is 0 Å². The maximum Gasteiger partial charge on any atom is 0.247 e. The first-order valence-corrected chi connectivity index (χ1v) is 8.02. The lowest BCUT2D eigenvalue weighted by atomic mass is 9.96. The molecule has 5 heteroatoms. The Labute approximate surface area is 136 Å². The highest BCUT2D eigenvalue weighted by Crippen LogP contribution is 2.49. The molecule has 2 aliphatic rings. The van der Waals surface area contributed by atoms with E-state index in [1.165, 1.54) is 0 Å². The number of carbonyl (C=O) groups excluding carboxylic acids is 2. The minimum Gasteiger partial charge on any atom is -0.342 e. The van der Waals surface area contributed by atoms with Crippen LogP contribution in [0.25, 0.3) is 0 Å². The van der Waals surface area contributed by atoms with Crippen LogP contribution < -0.4 is 0 Å². The summed E-state index contributed by atoms with van der Waals surface area (Å²) in [5.41, 5.74) is 0.357. The Morgan fingerprint density at radius 3 is 2.73 bits per heavy atom. The highest BCUT2D eigenvalue weighted by molar-refractivity contribution is 6.30. The zero-order valence-corrected chi connectivity index (χ0v) is 13.9. The van der Waals surface area contributed by atoms with Gasteiger partial charge in [0.25, 0.3) is 0 Å². The third kappa shape index (κ3) is 2.50. The van der Waals surface area contributed by atoms with Crippen molar-refractivity contribution in [1.29, 1.82) is 0 Å². The summed E-state index contributed by atoms with van der Waals surface area (Å²) >= 11 is 6.03. The molecule has 118 valence electrons. The van der Waals surface area contributed by atoms with Gasteiger partial charge in [-0.05, 0) is 43.9 Å². The van der Waals surface area contributed by atoms with Crippen molar-refractivity contribution < 1.29 is 9.59 Å². The van der Waals surface area contributed by atoms with Crippen molar-refractivity contribution in [2.45, 2.75) is 31.7 Å². The van der Waals surface area contributed by atoms with Crippen molar-refractivity contribution in [2.75, 3.05) is 20.1 Å². The first-order chi connectivity index (χ1) is 10.3. The monoisotopic (exact) mass is 320 g/mol. The molecule has 2 atom stereocenters. The SMILES string of the molecule is CN1CCN(C(=O)[C@@H]2C[C@H]2c2cccc(Cl)c2)C(C)(C)C1=O. The minimum absolute atomic E-state index is 0.00653.